The minimum atomic E-state index is -0.384. The number of carbonyl (C=O) groups excluding carboxylic acids is 2. The average molecular weight is 298 g/mol. The summed E-state index contributed by atoms with van der Waals surface area (Å²) in [5.41, 5.74) is 0. The Morgan fingerprint density at radius 3 is 1.57 bits per heavy atom. The van der Waals surface area contributed by atoms with Crippen LogP contribution in [0.5, 0.6) is 0 Å². The van der Waals surface area contributed by atoms with Crippen LogP contribution < -0.4 is 0 Å². The van der Waals surface area contributed by atoms with Crippen LogP contribution in [-0.2, 0) is 14.3 Å². The van der Waals surface area contributed by atoms with Crippen LogP contribution in [0.2, 0.25) is 0 Å². The molecule has 3 nitrogen and oxygen atoms in total. The number of ketones is 1. The zero-order valence-corrected chi connectivity index (χ0v) is 14.1. The molecule has 0 spiro atoms. The van der Waals surface area contributed by atoms with Crippen molar-refractivity contribution in [3.05, 3.63) is 0 Å². The SMILES string of the molecule is CCCCCCCCCCCCCCOC(=O)CC(C)=O. The fourth-order valence-electron chi connectivity index (χ4n) is 2.38. The monoisotopic (exact) mass is 298 g/mol. The highest BCUT2D eigenvalue weighted by Crippen LogP contribution is 2.11. The molecule has 0 aliphatic carbocycles. The molecule has 0 aliphatic rings. The van der Waals surface area contributed by atoms with Crippen LogP contribution in [0.4, 0.5) is 0 Å². The second kappa shape index (κ2) is 15.5. The van der Waals surface area contributed by atoms with Crippen molar-refractivity contribution in [2.24, 2.45) is 0 Å². The molecule has 124 valence electrons. The van der Waals surface area contributed by atoms with E-state index in [0.717, 1.165) is 12.8 Å². The Labute approximate surface area is 130 Å². The number of hydrogen-bond donors (Lipinski definition) is 0. The highest BCUT2D eigenvalue weighted by Gasteiger charge is 2.05. The van der Waals surface area contributed by atoms with Gasteiger partial charge in [0.15, 0.2) is 0 Å². The average Bonchev–Trinajstić information content (AvgIpc) is 2.43. The Bertz CT molecular complexity index is 261. The van der Waals surface area contributed by atoms with Crippen LogP contribution in [0.1, 0.15) is 97.3 Å². The maximum Gasteiger partial charge on any atom is 0.313 e. The molecule has 21 heavy (non-hydrogen) atoms. The number of ether oxygens (including phenoxy) is 1. The van der Waals surface area contributed by atoms with E-state index in [0.29, 0.717) is 6.61 Å². The van der Waals surface area contributed by atoms with Crippen molar-refractivity contribution < 1.29 is 14.3 Å². The van der Waals surface area contributed by atoms with Gasteiger partial charge in [-0.15, -0.1) is 0 Å². The summed E-state index contributed by atoms with van der Waals surface area (Å²) in [4.78, 5) is 21.8. The van der Waals surface area contributed by atoms with Gasteiger partial charge in [-0.1, -0.05) is 77.6 Å². The van der Waals surface area contributed by atoms with Gasteiger partial charge in [-0.25, -0.2) is 0 Å². The summed E-state index contributed by atoms with van der Waals surface area (Å²) < 4.78 is 4.98. The van der Waals surface area contributed by atoms with E-state index in [9.17, 15) is 9.59 Å². The third-order valence-electron chi connectivity index (χ3n) is 3.65. The van der Waals surface area contributed by atoms with E-state index in [-0.39, 0.29) is 18.2 Å². The largest absolute Gasteiger partial charge is 0.465 e. The Kier molecular flexibility index (Phi) is 14.9. The van der Waals surface area contributed by atoms with Gasteiger partial charge in [0.25, 0.3) is 0 Å². The van der Waals surface area contributed by atoms with Crippen molar-refractivity contribution >= 4 is 11.8 Å². The van der Waals surface area contributed by atoms with Crippen molar-refractivity contribution in [1.29, 1.82) is 0 Å². The van der Waals surface area contributed by atoms with E-state index >= 15 is 0 Å². The molecule has 3 heteroatoms. The Morgan fingerprint density at radius 1 is 0.714 bits per heavy atom. The van der Waals surface area contributed by atoms with E-state index < -0.39 is 0 Å². The van der Waals surface area contributed by atoms with Crippen molar-refractivity contribution in [2.75, 3.05) is 6.61 Å². The van der Waals surface area contributed by atoms with Crippen LogP contribution >= 0.6 is 0 Å². The second-order valence-electron chi connectivity index (χ2n) is 5.99. The highest BCUT2D eigenvalue weighted by molar-refractivity contribution is 5.94. The zero-order valence-electron chi connectivity index (χ0n) is 14.1. The standard InChI is InChI=1S/C18H34O3/c1-3-4-5-6-7-8-9-10-11-12-13-14-15-21-18(20)16-17(2)19/h3-16H2,1-2H3. The number of Topliss-reactive ketones (excluding diaryl/α,β-unsaturated/α-hetero) is 1. The molecule has 0 saturated heterocycles. The quantitative estimate of drug-likeness (QED) is 0.237. The van der Waals surface area contributed by atoms with E-state index in [1.165, 1.54) is 71.1 Å². The number of hydrogen-bond acceptors (Lipinski definition) is 3. The molecule has 0 aromatic carbocycles. The van der Waals surface area contributed by atoms with Gasteiger partial charge < -0.3 is 4.74 Å². The van der Waals surface area contributed by atoms with Gasteiger partial charge in [0.05, 0.1) is 6.61 Å². The van der Waals surface area contributed by atoms with Crippen LogP contribution in [0.15, 0.2) is 0 Å². The van der Waals surface area contributed by atoms with Gasteiger partial charge in [0.1, 0.15) is 12.2 Å². The molecule has 0 aromatic rings. The molecule has 0 aliphatic heterocycles. The highest BCUT2D eigenvalue weighted by atomic mass is 16.5. The third kappa shape index (κ3) is 17.1. The maximum absolute atomic E-state index is 11.1. The third-order valence-corrected chi connectivity index (χ3v) is 3.65. The first-order valence-corrected chi connectivity index (χ1v) is 8.82. The summed E-state index contributed by atoms with van der Waals surface area (Å²) in [5, 5.41) is 0. The second-order valence-corrected chi connectivity index (χ2v) is 5.99. The summed E-state index contributed by atoms with van der Waals surface area (Å²) in [6, 6.07) is 0. The normalized spacial score (nSPS) is 10.6. The smallest absolute Gasteiger partial charge is 0.313 e. The summed E-state index contributed by atoms with van der Waals surface area (Å²) in [6.45, 7) is 4.12. The lowest BCUT2D eigenvalue weighted by molar-refractivity contribution is -0.145. The Hall–Kier alpha value is -0.860. The van der Waals surface area contributed by atoms with E-state index in [4.69, 9.17) is 4.74 Å². The molecule has 0 atom stereocenters. The predicted molar refractivity (Wildman–Crippen MR) is 87.3 cm³/mol. The Morgan fingerprint density at radius 2 is 1.14 bits per heavy atom. The number of rotatable bonds is 15. The number of esters is 1. The van der Waals surface area contributed by atoms with E-state index in [1.54, 1.807) is 0 Å². The van der Waals surface area contributed by atoms with Crippen molar-refractivity contribution in [3.8, 4) is 0 Å². The lowest BCUT2D eigenvalue weighted by Gasteiger charge is -2.04. The van der Waals surface area contributed by atoms with Crippen LogP contribution in [0.3, 0.4) is 0 Å². The topological polar surface area (TPSA) is 43.4 Å². The lowest BCUT2D eigenvalue weighted by atomic mass is 10.1. The maximum atomic E-state index is 11.1. The molecule has 0 saturated carbocycles. The van der Waals surface area contributed by atoms with Crippen molar-refractivity contribution in [1.82, 2.24) is 0 Å². The van der Waals surface area contributed by atoms with Gasteiger partial charge in [0.2, 0.25) is 0 Å². The van der Waals surface area contributed by atoms with Crippen LogP contribution in [0.25, 0.3) is 0 Å². The molecule has 0 amide bonds. The molecule has 0 rings (SSSR count). The molecule has 0 bridgehead atoms. The number of carbonyl (C=O) groups is 2. The molecule has 0 fully saturated rings. The molecular formula is C18H34O3. The minimum Gasteiger partial charge on any atom is -0.465 e. The number of unbranched alkanes of at least 4 members (excludes halogenated alkanes) is 11. The van der Waals surface area contributed by atoms with Gasteiger partial charge in [-0.3, -0.25) is 9.59 Å². The molecular weight excluding hydrogens is 264 g/mol. The summed E-state index contributed by atoms with van der Waals surface area (Å²) in [5.74, 6) is -0.514. The van der Waals surface area contributed by atoms with Crippen molar-refractivity contribution in [3.63, 3.8) is 0 Å². The molecule has 0 unspecified atom stereocenters. The van der Waals surface area contributed by atoms with Gasteiger partial charge >= 0.3 is 5.97 Å². The Balaban J connectivity index is 3.09. The fourth-order valence-corrected chi connectivity index (χ4v) is 2.38. The minimum absolute atomic E-state index is 0.0851. The molecule has 0 N–H and O–H groups in total. The first kappa shape index (κ1) is 20.1. The molecule has 0 radical (unpaired) electrons. The summed E-state index contributed by atoms with van der Waals surface area (Å²) in [6.07, 6.45) is 15.4. The van der Waals surface area contributed by atoms with E-state index in [1.807, 2.05) is 0 Å². The predicted octanol–water partition coefficient (Wildman–Crippen LogP) is 5.21. The first-order valence-electron chi connectivity index (χ1n) is 8.82. The molecule has 0 aromatic heterocycles. The first-order chi connectivity index (χ1) is 10.2. The molecule has 0 heterocycles. The van der Waals surface area contributed by atoms with Gasteiger partial charge in [-0.05, 0) is 13.3 Å². The zero-order chi connectivity index (χ0) is 15.8. The fraction of sp³-hybridized carbons (Fsp3) is 0.889. The van der Waals surface area contributed by atoms with Gasteiger partial charge in [-0.2, -0.15) is 0 Å². The summed E-state index contributed by atoms with van der Waals surface area (Å²) in [7, 11) is 0. The summed E-state index contributed by atoms with van der Waals surface area (Å²) >= 11 is 0. The van der Waals surface area contributed by atoms with E-state index in [2.05, 4.69) is 6.92 Å². The van der Waals surface area contributed by atoms with Crippen molar-refractivity contribution in [2.45, 2.75) is 97.3 Å². The van der Waals surface area contributed by atoms with Crippen LogP contribution in [0, 0.1) is 0 Å². The van der Waals surface area contributed by atoms with Crippen LogP contribution in [-0.4, -0.2) is 18.4 Å². The lowest BCUT2D eigenvalue weighted by Crippen LogP contribution is -2.09. The van der Waals surface area contributed by atoms with Gasteiger partial charge in [0, 0.05) is 0 Å².